The topological polar surface area (TPSA) is 67.4 Å². The lowest BCUT2D eigenvalue weighted by atomic mass is 9.94. The molecule has 1 rings (SSSR count). The SMILES string of the molecule is COC(C)(C(=O)NNC=O)c1ccccc1F. The van der Waals surface area contributed by atoms with Gasteiger partial charge < -0.3 is 4.74 Å². The van der Waals surface area contributed by atoms with E-state index in [0.29, 0.717) is 6.41 Å². The molecule has 0 fully saturated rings. The molecule has 0 spiro atoms. The van der Waals surface area contributed by atoms with Crippen LogP contribution in [-0.4, -0.2) is 19.4 Å². The third kappa shape index (κ3) is 2.59. The number of ether oxygens (including phenoxy) is 1. The molecule has 0 heterocycles. The first kappa shape index (κ1) is 13.1. The molecule has 0 aliphatic carbocycles. The maximum absolute atomic E-state index is 13.6. The molecular formula is C11H13FN2O3. The lowest BCUT2D eigenvalue weighted by molar-refractivity contribution is -0.145. The molecule has 5 nitrogen and oxygen atoms in total. The third-order valence-corrected chi connectivity index (χ3v) is 2.47. The standard InChI is InChI=1S/C11H13FN2O3/c1-11(17-2,10(16)14-13-7-15)8-5-3-4-6-9(8)12/h3-7H,1-2H3,(H,13,15)(H,14,16). The van der Waals surface area contributed by atoms with Crippen molar-refractivity contribution in [3.8, 4) is 0 Å². The highest BCUT2D eigenvalue weighted by atomic mass is 19.1. The highest BCUT2D eigenvalue weighted by Gasteiger charge is 2.37. The molecule has 2 amide bonds. The zero-order valence-corrected chi connectivity index (χ0v) is 9.49. The number of rotatable bonds is 5. The van der Waals surface area contributed by atoms with E-state index in [-0.39, 0.29) is 5.56 Å². The summed E-state index contributed by atoms with van der Waals surface area (Å²) in [6.07, 6.45) is 0.301. The maximum atomic E-state index is 13.6. The van der Waals surface area contributed by atoms with Crippen LogP contribution in [0.2, 0.25) is 0 Å². The van der Waals surface area contributed by atoms with Gasteiger partial charge in [0.1, 0.15) is 5.82 Å². The fourth-order valence-electron chi connectivity index (χ4n) is 1.39. The Morgan fingerprint density at radius 1 is 1.47 bits per heavy atom. The van der Waals surface area contributed by atoms with Crippen molar-refractivity contribution in [2.75, 3.05) is 7.11 Å². The molecule has 0 saturated heterocycles. The monoisotopic (exact) mass is 240 g/mol. The highest BCUT2D eigenvalue weighted by molar-refractivity contribution is 5.86. The van der Waals surface area contributed by atoms with E-state index in [0.717, 1.165) is 0 Å². The Morgan fingerprint density at radius 3 is 2.65 bits per heavy atom. The molecular weight excluding hydrogens is 227 g/mol. The summed E-state index contributed by atoms with van der Waals surface area (Å²) in [4.78, 5) is 21.9. The molecule has 17 heavy (non-hydrogen) atoms. The lowest BCUT2D eigenvalue weighted by Crippen LogP contribution is -2.49. The molecule has 0 saturated carbocycles. The number of carbonyl (C=O) groups is 2. The second-order valence-electron chi connectivity index (χ2n) is 3.43. The quantitative estimate of drug-likeness (QED) is 0.580. The van der Waals surface area contributed by atoms with Crippen molar-refractivity contribution in [1.82, 2.24) is 10.9 Å². The average Bonchev–Trinajstić information content (AvgIpc) is 2.35. The molecule has 1 unspecified atom stereocenters. The third-order valence-electron chi connectivity index (χ3n) is 2.47. The molecule has 1 atom stereocenters. The maximum Gasteiger partial charge on any atom is 0.275 e. The van der Waals surface area contributed by atoms with Gasteiger partial charge >= 0.3 is 0 Å². The van der Waals surface area contributed by atoms with Gasteiger partial charge in [-0.3, -0.25) is 20.4 Å². The van der Waals surface area contributed by atoms with Gasteiger partial charge in [-0.1, -0.05) is 18.2 Å². The van der Waals surface area contributed by atoms with Gasteiger partial charge in [0, 0.05) is 12.7 Å². The number of carbonyl (C=O) groups excluding carboxylic acids is 2. The molecule has 1 aromatic rings. The minimum absolute atomic E-state index is 0.0905. The van der Waals surface area contributed by atoms with Gasteiger partial charge in [0.05, 0.1) is 0 Å². The van der Waals surface area contributed by atoms with E-state index >= 15 is 0 Å². The number of hydrogen-bond acceptors (Lipinski definition) is 3. The van der Waals surface area contributed by atoms with E-state index in [1.54, 1.807) is 6.07 Å². The Balaban J connectivity index is 3.07. The van der Waals surface area contributed by atoms with Crippen molar-refractivity contribution < 1.29 is 18.7 Å². The number of nitrogens with one attached hydrogen (secondary N) is 2. The van der Waals surface area contributed by atoms with E-state index < -0.39 is 17.3 Å². The highest BCUT2D eigenvalue weighted by Crippen LogP contribution is 2.26. The van der Waals surface area contributed by atoms with Crippen LogP contribution >= 0.6 is 0 Å². The van der Waals surface area contributed by atoms with Crippen LogP contribution in [0.5, 0.6) is 0 Å². The first-order chi connectivity index (χ1) is 8.06. The number of hydrogen-bond donors (Lipinski definition) is 2. The average molecular weight is 240 g/mol. The Hall–Kier alpha value is -1.95. The molecule has 1 aromatic carbocycles. The Bertz CT molecular complexity index is 425. The summed E-state index contributed by atoms with van der Waals surface area (Å²) in [5, 5.41) is 0. The van der Waals surface area contributed by atoms with Gasteiger partial charge in [0.15, 0.2) is 5.60 Å². The van der Waals surface area contributed by atoms with Gasteiger partial charge in [-0.2, -0.15) is 0 Å². The molecule has 92 valence electrons. The van der Waals surface area contributed by atoms with E-state index in [9.17, 15) is 14.0 Å². The van der Waals surface area contributed by atoms with Gasteiger partial charge in [-0.15, -0.1) is 0 Å². The largest absolute Gasteiger partial charge is 0.364 e. The lowest BCUT2D eigenvalue weighted by Gasteiger charge is -2.27. The van der Waals surface area contributed by atoms with Gasteiger partial charge in [0.2, 0.25) is 6.41 Å². The normalized spacial score (nSPS) is 13.6. The van der Waals surface area contributed by atoms with Crippen LogP contribution in [0.4, 0.5) is 4.39 Å². The summed E-state index contributed by atoms with van der Waals surface area (Å²) >= 11 is 0. The predicted octanol–water partition coefficient (Wildman–Crippen LogP) is 0.465. The Morgan fingerprint density at radius 2 is 2.12 bits per heavy atom. The summed E-state index contributed by atoms with van der Waals surface area (Å²) in [5.74, 6) is -1.23. The number of amides is 2. The van der Waals surface area contributed by atoms with Crippen molar-refractivity contribution >= 4 is 12.3 Å². The van der Waals surface area contributed by atoms with E-state index in [2.05, 4.69) is 5.43 Å². The van der Waals surface area contributed by atoms with Crippen LogP contribution < -0.4 is 10.9 Å². The van der Waals surface area contributed by atoms with Crippen LogP contribution in [0.3, 0.4) is 0 Å². The number of methoxy groups -OCH3 is 1. The van der Waals surface area contributed by atoms with Gasteiger partial charge in [-0.05, 0) is 13.0 Å². The van der Waals surface area contributed by atoms with Crippen LogP contribution in [-0.2, 0) is 19.9 Å². The number of halogens is 1. The van der Waals surface area contributed by atoms with E-state index in [4.69, 9.17) is 4.74 Å². The molecule has 0 aliphatic heterocycles. The van der Waals surface area contributed by atoms with Crippen LogP contribution in [0.25, 0.3) is 0 Å². The molecule has 0 aromatic heterocycles. The van der Waals surface area contributed by atoms with Crippen molar-refractivity contribution in [1.29, 1.82) is 0 Å². The van der Waals surface area contributed by atoms with Crippen LogP contribution in [0.1, 0.15) is 12.5 Å². The zero-order chi connectivity index (χ0) is 12.9. The van der Waals surface area contributed by atoms with Crippen LogP contribution in [0, 0.1) is 5.82 Å². The fourth-order valence-corrected chi connectivity index (χ4v) is 1.39. The Labute approximate surface area is 97.9 Å². The van der Waals surface area contributed by atoms with Crippen molar-refractivity contribution in [2.45, 2.75) is 12.5 Å². The van der Waals surface area contributed by atoms with Crippen molar-refractivity contribution in [3.05, 3.63) is 35.6 Å². The molecule has 0 bridgehead atoms. The summed E-state index contributed by atoms with van der Waals surface area (Å²) in [6, 6.07) is 5.78. The first-order valence-corrected chi connectivity index (χ1v) is 4.86. The molecule has 2 N–H and O–H groups in total. The summed E-state index contributed by atoms with van der Waals surface area (Å²) in [7, 11) is 1.28. The smallest absolute Gasteiger partial charge is 0.275 e. The predicted molar refractivity (Wildman–Crippen MR) is 58.1 cm³/mol. The summed E-state index contributed by atoms with van der Waals surface area (Å²) < 4.78 is 18.7. The Kier molecular flexibility index (Phi) is 4.17. The van der Waals surface area contributed by atoms with E-state index in [1.807, 2.05) is 5.43 Å². The number of benzene rings is 1. The minimum Gasteiger partial charge on any atom is -0.364 e. The number of hydrazine groups is 1. The minimum atomic E-state index is -1.51. The van der Waals surface area contributed by atoms with Crippen molar-refractivity contribution in [2.24, 2.45) is 0 Å². The molecule has 0 aliphatic rings. The molecule has 0 radical (unpaired) electrons. The summed E-state index contributed by atoms with van der Waals surface area (Å²) in [6.45, 7) is 1.41. The molecule has 6 heteroatoms. The second kappa shape index (κ2) is 5.40. The fraction of sp³-hybridized carbons (Fsp3) is 0.273. The van der Waals surface area contributed by atoms with E-state index in [1.165, 1.54) is 32.2 Å². The second-order valence-corrected chi connectivity index (χ2v) is 3.43. The zero-order valence-electron chi connectivity index (χ0n) is 9.49. The first-order valence-electron chi connectivity index (χ1n) is 4.86. The van der Waals surface area contributed by atoms with Gasteiger partial charge in [0.25, 0.3) is 5.91 Å². The van der Waals surface area contributed by atoms with Crippen molar-refractivity contribution in [3.63, 3.8) is 0 Å². The van der Waals surface area contributed by atoms with Gasteiger partial charge in [-0.25, -0.2) is 4.39 Å². The van der Waals surface area contributed by atoms with Crippen LogP contribution in [0.15, 0.2) is 24.3 Å². The summed E-state index contributed by atoms with van der Waals surface area (Å²) in [5.41, 5.74) is 2.67.